The maximum absolute atomic E-state index is 11.9. The van der Waals surface area contributed by atoms with Gasteiger partial charge in [-0.05, 0) is 31.5 Å². The third-order valence-electron chi connectivity index (χ3n) is 4.35. The van der Waals surface area contributed by atoms with Crippen LogP contribution in [0.2, 0.25) is 0 Å². The Morgan fingerprint density at radius 1 is 1.48 bits per heavy atom. The van der Waals surface area contributed by atoms with Gasteiger partial charge in [-0.25, -0.2) is 4.79 Å². The molecule has 1 aromatic rings. The molecule has 1 aliphatic rings. The van der Waals surface area contributed by atoms with Crippen molar-refractivity contribution in [3.05, 3.63) is 23.8 Å². The number of hydrogen-bond donors (Lipinski definition) is 2. The molecule has 2 rings (SSSR count). The molecule has 2 atom stereocenters. The molecule has 5 nitrogen and oxygen atoms in total. The Morgan fingerprint density at radius 3 is 2.76 bits per heavy atom. The van der Waals surface area contributed by atoms with Gasteiger partial charge in [-0.1, -0.05) is 13.8 Å². The summed E-state index contributed by atoms with van der Waals surface area (Å²) in [4.78, 5) is 11.9. The van der Waals surface area contributed by atoms with Crippen LogP contribution in [0.3, 0.4) is 0 Å². The molecule has 21 heavy (non-hydrogen) atoms. The predicted molar refractivity (Wildman–Crippen MR) is 83.4 cm³/mol. The molecule has 1 aliphatic carbocycles. The van der Waals surface area contributed by atoms with Crippen molar-refractivity contribution in [2.45, 2.75) is 39.3 Å². The van der Waals surface area contributed by atoms with Crippen molar-refractivity contribution in [2.24, 2.45) is 5.41 Å². The van der Waals surface area contributed by atoms with Gasteiger partial charge in [0.05, 0.1) is 18.3 Å². The van der Waals surface area contributed by atoms with Gasteiger partial charge in [-0.2, -0.15) is 0 Å². The summed E-state index contributed by atoms with van der Waals surface area (Å²) < 4.78 is 10.5. The number of nitrogens with one attached hydrogen (secondary N) is 1. The van der Waals surface area contributed by atoms with Crippen molar-refractivity contribution in [3.63, 3.8) is 0 Å². The predicted octanol–water partition coefficient (Wildman–Crippen LogP) is 2.67. The standard InChI is InChI=1S/C16H24N2O3/c1-5-21-15(19)11-8-10(6-7-12(11)17)18-13-9-14(20-4)16(13,2)3/h6-8,13-14,18H,5,9,17H2,1-4H3. The zero-order valence-corrected chi connectivity index (χ0v) is 13.1. The molecule has 0 aliphatic heterocycles. The second-order valence-electron chi connectivity index (χ2n) is 6.00. The van der Waals surface area contributed by atoms with E-state index in [-0.39, 0.29) is 17.5 Å². The Bertz CT molecular complexity index is 528. The van der Waals surface area contributed by atoms with Gasteiger partial charge < -0.3 is 20.5 Å². The number of nitrogen functional groups attached to an aromatic ring is 1. The van der Waals surface area contributed by atoms with Crippen LogP contribution in [-0.2, 0) is 9.47 Å². The molecule has 0 heterocycles. The quantitative estimate of drug-likeness (QED) is 0.645. The fraction of sp³-hybridized carbons (Fsp3) is 0.562. The molecule has 2 unspecified atom stereocenters. The van der Waals surface area contributed by atoms with E-state index in [1.54, 1.807) is 26.2 Å². The first-order valence-electron chi connectivity index (χ1n) is 7.26. The van der Waals surface area contributed by atoms with Crippen LogP contribution < -0.4 is 11.1 Å². The topological polar surface area (TPSA) is 73.6 Å². The number of esters is 1. The zero-order chi connectivity index (χ0) is 15.6. The minimum absolute atomic E-state index is 0.0558. The number of methoxy groups -OCH3 is 1. The third kappa shape index (κ3) is 2.97. The van der Waals surface area contributed by atoms with Crippen molar-refractivity contribution in [3.8, 4) is 0 Å². The van der Waals surface area contributed by atoms with Crippen LogP contribution in [0.1, 0.15) is 37.6 Å². The van der Waals surface area contributed by atoms with Gasteiger partial charge in [0.25, 0.3) is 0 Å². The van der Waals surface area contributed by atoms with Crippen LogP contribution in [0.25, 0.3) is 0 Å². The van der Waals surface area contributed by atoms with Crippen molar-refractivity contribution in [1.82, 2.24) is 0 Å². The minimum Gasteiger partial charge on any atom is -0.462 e. The van der Waals surface area contributed by atoms with Crippen molar-refractivity contribution < 1.29 is 14.3 Å². The third-order valence-corrected chi connectivity index (χ3v) is 4.35. The lowest BCUT2D eigenvalue weighted by atomic mass is 9.64. The number of hydrogen-bond acceptors (Lipinski definition) is 5. The van der Waals surface area contributed by atoms with Gasteiger partial charge in [-0.3, -0.25) is 0 Å². The van der Waals surface area contributed by atoms with E-state index in [0.29, 0.717) is 23.9 Å². The first-order chi connectivity index (χ1) is 9.90. The van der Waals surface area contributed by atoms with E-state index >= 15 is 0 Å². The summed E-state index contributed by atoms with van der Waals surface area (Å²) in [6.07, 6.45) is 1.20. The van der Waals surface area contributed by atoms with Gasteiger partial charge in [-0.15, -0.1) is 0 Å². The molecule has 0 amide bonds. The Kier molecular flexibility index (Phi) is 4.42. The van der Waals surface area contributed by atoms with E-state index in [0.717, 1.165) is 12.1 Å². The fourth-order valence-electron chi connectivity index (χ4n) is 2.76. The summed E-state index contributed by atoms with van der Waals surface area (Å²) in [5, 5.41) is 3.45. The summed E-state index contributed by atoms with van der Waals surface area (Å²) in [6.45, 7) is 6.46. The van der Waals surface area contributed by atoms with Gasteiger partial charge >= 0.3 is 5.97 Å². The second-order valence-corrected chi connectivity index (χ2v) is 6.00. The highest BCUT2D eigenvalue weighted by Gasteiger charge is 2.48. The van der Waals surface area contributed by atoms with Gasteiger partial charge in [0.2, 0.25) is 0 Å². The van der Waals surface area contributed by atoms with E-state index in [9.17, 15) is 4.79 Å². The fourth-order valence-corrected chi connectivity index (χ4v) is 2.76. The lowest BCUT2D eigenvalue weighted by molar-refractivity contribution is -0.0794. The molecule has 0 aromatic heterocycles. The normalized spacial score (nSPS) is 23.2. The van der Waals surface area contributed by atoms with Crippen molar-refractivity contribution in [1.29, 1.82) is 0 Å². The minimum atomic E-state index is -0.388. The Balaban J connectivity index is 2.12. The van der Waals surface area contributed by atoms with E-state index in [1.807, 2.05) is 6.07 Å². The first-order valence-corrected chi connectivity index (χ1v) is 7.26. The number of ether oxygens (including phenoxy) is 2. The molecule has 5 heteroatoms. The number of benzene rings is 1. The van der Waals surface area contributed by atoms with Crippen LogP contribution in [0.15, 0.2) is 18.2 Å². The number of carbonyl (C=O) groups is 1. The highest BCUT2D eigenvalue weighted by atomic mass is 16.5. The lowest BCUT2D eigenvalue weighted by Gasteiger charge is -2.51. The van der Waals surface area contributed by atoms with E-state index in [4.69, 9.17) is 15.2 Å². The number of carbonyl (C=O) groups excluding carboxylic acids is 1. The highest BCUT2D eigenvalue weighted by molar-refractivity contribution is 5.96. The monoisotopic (exact) mass is 292 g/mol. The summed E-state index contributed by atoms with van der Waals surface area (Å²) in [5.41, 5.74) is 7.61. The summed E-state index contributed by atoms with van der Waals surface area (Å²) >= 11 is 0. The Hall–Kier alpha value is -1.75. The molecule has 0 spiro atoms. The van der Waals surface area contributed by atoms with E-state index < -0.39 is 0 Å². The largest absolute Gasteiger partial charge is 0.462 e. The molecule has 3 N–H and O–H groups in total. The van der Waals surface area contributed by atoms with E-state index in [2.05, 4.69) is 19.2 Å². The number of nitrogens with two attached hydrogens (primary N) is 1. The van der Waals surface area contributed by atoms with Crippen molar-refractivity contribution in [2.75, 3.05) is 24.8 Å². The lowest BCUT2D eigenvalue weighted by Crippen LogP contribution is -2.57. The van der Waals surface area contributed by atoms with Crippen LogP contribution in [0.5, 0.6) is 0 Å². The van der Waals surface area contributed by atoms with Gasteiger partial charge in [0.1, 0.15) is 0 Å². The maximum atomic E-state index is 11.9. The average Bonchev–Trinajstić information content (AvgIpc) is 2.44. The maximum Gasteiger partial charge on any atom is 0.340 e. The van der Waals surface area contributed by atoms with Crippen LogP contribution in [-0.4, -0.2) is 31.8 Å². The molecule has 1 aromatic carbocycles. The summed E-state index contributed by atoms with van der Waals surface area (Å²) in [5.74, 6) is -0.388. The molecule has 0 radical (unpaired) electrons. The zero-order valence-electron chi connectivity index (χ0n) is 13.1. The van der Waals surface area contributed by atoms with Crippen LogP contribution in [0, 0.1) is 5.41 Å². The number of rotatable bonds is 5. The molecule has 116 valence electrons. The van der Waals surface area contributed by atoms with Crippen molar-refractivity contribution >= 4 is 17.3 Å². The van der Waals surface area contributed by atoms with E-state index in [1.165, 1.54) is 0 Å². The number of anilines is 2. The Morgan fingerprint density at radius 2 is 2.19 bits per heavy atom. The highest BCUT2D eigenvalue weighted by Crippen LogP contribution is 2.44. The van der Waals surface area contributed by atoms with Gasteiger partial charge in [0.15, 0.2) is 0 Å². The van der Waals surface area contributed by atoms with Gasteiger partial charge in [0, 0.05) is 29.9 Å². The summed E-state index contributed by atoms with van der Waals surface area (Å²) in [6, 6.07) is 5.67. The second kappa shape index (κ2) is 5.93. The smallest absolute Gasteiger partial charge is 0.340 e. The van der Waals surface area contributed by atoms with Crippen LogP contribution >= 0.6 is 0 Å². The molecular weight excluding hydrogens is 268 g/mol. The molecule has 0 bridgehead atoms. The SMILES string of the molecule is CCOC(=O)c1cc(NC2CC(OC)C2(C)C)ccc1N. The average molecular weight is 292 g/mol. The molecule has 0 saturated heterocycles. The summed E-state index contributed by atoms with van der Waals surface area (Å²) in [7, 11) is 1.74. The van der Waals surface area contributed by atoms with Crippen LogP contribution in [0.4, 0.5) is 11.4 Å². The molecule has 1 fully saturated rings. The first kappa shape index (κ1) is 15.6. The Labute approximate surface area is 125 Å². The molecular formula is C16H24N2O3. The molecule has 1 saturated carbocycles.